The molecule has 1 aromatic rings. The Morgan fingerprint density at radius 1 is 1.40 bits per heavy atom. The van der Waals surface area contributed by atoms with Crippen molar-refractivity contribution in [3.63, 3.8) is 0 Å². The highest BCUT2D eigenvalue weighted by Gasteiger charge is 2.20. The van der Waals surface area contributed by atoms with Crippen molar-refractivity contribution in [2.45, 2.75) is 31.8 Å². The topological polar surface area (TPSA) is 111 Å². The van der Waals surface area contributed by atoms with Gasteiger partial charge in [0.05, 0.1) is 13.4 Å². The predicted octanol–water partition coefficient (Wildman–Crippen LogP) is -0.204. The van der Waals surface area contributed by atoms with Crippen molar-refractivity contribution >= 4 is 17.8 Å². The Hall–Kier alpha value is -2.38. The number of esters is 1. The first kappa shape index (κ1) is 15.7. The van der Waals surface area contributed by atoms with E-state index in [1.807, 2.05) is 0 Å². The summed E-state index contributed by atoms with van der Waals surface area (Å²) in [7, 11) is 1.22. The zero-order valence-electron chi connectivity index (χ0n) is 11.1. The summed E-state index contributed by atoms with van der Waals surface area (Å²) >= 11 is 0. The molecule has 0 bridgehead atoms. The molecule has 0 aliphatic heterocycles. The van der Waals surface area contributed by atoms with Crippen LogP contribution in [-0.4, -0.2) is 45.7 Å². The molecule has 0 radical (unpaired) electrons. The third-order valence-corrected chi connectivity index (χ3v) is 2.65. The van der Waals surface area contributed by atoms with E-state index >= 15 is 0 Å². The van der Waals surface area contributed by atoms with E-state index in [9.17, 15) is 14.4 Å². The lowest BCUT2D eigenvalue weighted by Gasteiger charge is -2.14. The van der Waals surface area contributed by atoms with Gasteiger partial charge in [-0.1, -0.05) is 0 Å². The lowest BCUT2D eigenvalue weighted by atomic mass is 10.1. The number of imidazole rings is 1. The second-order valence-electron chi connectivity index (χ2n) is 4.12. The Bertz CT molecular complexity index is 458. The van der Waals surface area contributed by atoms with Gasteiger partial charge in [-0.05, 0) is 6.42 Å². The summed E-state index contributed by atoms with van der Waals surface area (Å²) in [5, 5.41) is 11.4. The molecule has 8 heteroatoms. The molecule has 0 fully saturated rings. The molecule has 2 N–H and O–H groups in total. The Kier molecular flexibility index (Phi) is 6.21. The highest BCUT2D eigenvalue weighted by atomic mass is 16.5. The summed E-state index contributed by atoms with van der Waals surface area (Å²) in [6.45, 7) is 0.412. The van der Waals surface area contributed by atoms with E-state index in [1.165, 1.54) is 7.11 Å². The van der Waals surface area contributed by atoms with E-state index in [0.29, 0.717) is 6.54 Å². The number of carbonyl (C=O) groups excluding carboxylic acids is 2. The minimum atomic E-state index is -1.18. The van der Waals surface area contributed by atoms with Crippen molar-refractivity contribution in [1.82, 2.24) is 14.9 Å². The van der Waals surface area contributed by atoms with Crippen LogP contribution in [0.25, 0.3) is 0 Å². The second-order valence-corrected chi connectivity index (χ2v) is 4.12. The van der Waals surface area contributed by atoms with Crippen LogP contribution in [-0.2, 0) is 25.7 Å². The van der Waals surface area contributed by atoms with Crippen molar-refractivity contribution in [3.8, 4) is 0 Å². The van der Waals surface area contributed by atoms with E-state index in [2.05, 4.69) is 15.0 Å². The van der Waals surface area contributed by atoms with Gasteiger partial charge >= 0.3 is 11.9 Å². The monoisotopic (exact) mass is 283 g/mol. The number of methoxy groups -OCH3 is 1. The minimum absolute atomic E-state index is 0.00117. The van der Waals surface area contributed by atoms with Gasteiger partial charge in [0.1, 0.15) is 6.04 Å². The van der Waals surface area contributed by atoms with E-state index < -0.39 is 23.9 Å². The quantitative estimate of drug-likeness (QED) is 0.639. The highest BCUT2D eigenvalue weighted by molar-refractivity contribution is 5.83. The fraction of sp³-hybridized carbons (Fsp3) is 0.500. The number of hydrogen-bond donors (Lipinski definition) is 2. The molecule has 110 valence electrons. The lowest BCUT2D eigenvalue weighted by molar-refractivity contribution is -0.144. The molecular formula is C12H17N3O5. The highest BCUT2D eigenvalue weighted by Crippen LogP contribution is 2.01. The molecule has 1 aromatic heterocycles. The van der Waals surface area contributed by atoms with Gasteiger partial charge in [-0.15, -0.1) is 0 Å². The van der Waals surface area contributed by atoms with Crippen molar-refractivity contribution in [3.05, 3.63) is 18.7 Å². The van der Waals surface area contributed by atoms with Crippen molar-refractivity contribution in [2.75, 3.05) is 7.11 Å². The molecule has 1 heterocycles. The second kappa shape index (κ2) is 7.93. The van der Waals surface area contributed by atoms with E-state index in [4.69, 9.17) is 5.11 Å². The average molecular weight is 283 g/mol. The third kappa shape index (κ3) is 5.51. The maximum atomic E-state index is 11.6. The molecule has 1 rings (SSSR count). The molecule has 0 aliphatic carbocycles. The van der Waals surface area contributed by atoms with Gasteiger partial charge < -0.3 is 19.7 Å². The fourth-order valence-electron chi connectivity index (χ4n) is 1.54. The number of ether oxygens (including phenoxy) is 1. The summed E-state index contributed by atoms with van der Waals surface area (Å²) in [4.78, 5) is 37.4. The number of aliphatic carboxylic acids is 1. The van der Waals surface area contributed by atoms with Crippen LogP contribution in [0.3, 0.4) is 0 Å². The van der Waals surface area contributed by atoms with Gasteiger partial charge in [0.25, 0.3) is 0 Å². The normalized spacial score (nSPS) is 11.7. The molecular weight excluding hydrogens is 266 g/mol. The molecule has 8 nitrogen and oxygen atoms in total. The van der Waals surface area contributed by atoms with Crippen LogP contribution in [0.15, 0.2) is 18.7 Å². The fourth-order valence-corrected chi connectivity index (χ4v) is 1.54. The summed E-state index contributed by atoms with van der Waals surface area (Å²) < 4.78 is 6.14. The van der Waals surface area contributed by atoms with Gasteiger partial charge in [0, 0.05) is 31.8 Å². The largest absolute Gasteiger partial charge is 0.480 e. The lowest BCUT2D eigenvalue weighted by Crippen LogP contribution is -2.41. The molecule has 0 saturated heterocycles. The summed E-state index contributed by atoms with van der Waals surface area (Å²) in [5.41, 5.74) is 0. The molecule has 0 saturated carbocycles. The number of carboxylic acids is 1. The number of rotatable bonds is 8. The van der Waals surface area contributed by atoms with Crippen LogP contribution in [0, 0.1) is 0 Å². The molecule has 0 aromatic carbocycles. The zero-order valence-corrected chi connectivity index (χ0v) is 11.1. The van der Waals surface area contributed by atoms with Gasteiger partial charge in [-0.2, -0.15) is 0 Å². The van der Waals surface area contributed by atoms with Crippen LogP contribution < -0.4 is 5.32 Å². The predicted molar refractivity (Wildman–Crippen MR) is 67.7 cm³/mol. The zero-order chi connectivity index (χ0) is 15.0. The standard InChI is InChI=1S/C12H17N3O5/c1-20-11(17)3-2-9(12(18)19)14-10(16)4-6-15-7-5-13-8-15/h5,7-9H,2-4,6H2,1H3,(H,14,16)(H,18,19)/t9-/m0/s1. The summed E-state index contributed by atoms with van der Waals surface area (Å²) in [5.74, 6) is -2.08. The number of aryl methyl sites for hydroxylation is 1. The van der Waals surface area contributed by atoms with Crippen LogP contribution in [0.5, 0.6) is 0 Å². The van der Waals surface area contributed by atoms with Crippen LogP contribution in [0.2, 0.25) is 0 Å². The Morgan fingerprint density at radius 3 is 2.70 bits per heavy atom. The number of amides is 1. The Labute approximate surface area is 115 Å². The first-order valence-corrected chi connectivity index (χ1v) is 6.07. The molecule has 1 atom stereocenters. The maximum Gasteiger partial charge on any atom is 0.326 e. The van der Waals surface area contributed by atoms with Gasteiger partial charge in [0.15, 0.2) is 0 Å². The minimum Gasteiger partial charge on any atom is -0.480 e. The van der Waals surface area contributed by atoms with E-state index in [1.54, 1.807) is 23.3 Å². The third-order valence-electron chi connectivity index (χ3n) is 2.65. The number of nitrogens with one attached hydrogen (secondary N) is 1. The SMILES string of the molecule is COC(=O)CC[C@H](NC(=O)CCn1ccnc1)C(=O)O. The molecule has 1 amide bonds. The van der Waals surface area contributed by atoms with Crippen molar-refractivity contribution < 1.29 is 24.2 Å². The molecule has 0 spiro atoms. The number of carboxylic acid groups (broad SMARTS) is 1. The van der Waals surface area contributed by atoms with Crippen LogP contribution >= 0.6 is 0 Å². The number of aromatic nitrogens is 2. The van der Waals surface area contributed by atoms with Gasteiger partial charge in [-0.25, -0.2) is 9.78 Å². The average Bonchev–Trinajstić information content (AvgIpc) is 2.93. The van der Waals surface area contributed by atoms with Crippen LogP contribution in [0.4, 0.5) is 0 Å². The Morgan fingerprint density at radius 2 is 2.15 bits per heavy atom. The van der Waals surface area contributed by atoms with Crippen molar-refractivity contribution in [1.29, 1.82) is 0 Å². The van der Waals surface area contributed by atoms with Crippen molar-refractivity contribution in [2.24, 2.45) is 0 Å². The maximum absolute atomic E-state index is 11.6. The Balaban J connectivity index is 2.38. The van der Waals surface area contributed by atoms with Crippen LogP contribution in [0.1, 0.15) is 19.3 Å². The van der Waals surface area contributed by atoms with E-state index in [-0.39, 0.29) is 19.3 Å². The first-order chi connectivity index (χ1) is 9.52. The summed E-state index contributed by atoms with van der Waals surface area (Å²) in [6.07, 6.45) is 4.94. The number of nitrogens with zero attached hydrogens (tertiary/aromatic N) is 2. The van der Waals surface area contributed by atoms with E-state index in [0.717, 1.165) is 0 Å². The number of carbonyl (C=O) groups is 3. The van der Waals surface area contributed by atoms with Gasteiger partial charge in [0.2, 0.25) is 5.91 Å². The molecule has 0 unspecified atom stereocenters. The molecule has 20 heavy (non-hydrogen) atoms. The molecule has 0 aliphatic rings. The number of hydrogen-bond acceptors (Lipinski definition) is 5. The first-order valence-electron chi connectivity index (χ1n) is 6.07. The summed E-state index contributed by atoms with van der Waals surface area (Å²) in [6, 6.07) is -1.09. The van der Waals surface area contributed by atoms with Gasteiger partial charge in [-0.3, -0.25) is 9.59 Å². The smallest absolute Gasteiger partial charge is 0.326 e.